The molecule has 114 valence electrons. The molecule has 0 aliphatic heterocycles. The largest absolute Gasteiger partial charge is 0.481 e. The van der Waals surface area contributed by atoms with E-state index in [4.69, 9.17) is 10.4 Å². The maximum Gasteiger partial charge on any atom is 0.303 e. The highest BCUT2D eigenvalue weighted by Gasteiger charge is 2.16. The van der Waals surface area contributed by atoms with Crippen molar-refractivity contribution in [2.45, 2.75) is 37.5 Å². The molecule has 0 radical (unpaired) electrons. The summed E-state index contributed by atoms with van der Waals surface area (Å²) < 4.78 is 26.7. The quantitative estimate of drug-likeness (QED) is 0.712. The first kappa shape index (κ1) is 17.1. The molecule has 0 aliphatic rings. The molecule has 0 aliphatic carbocycles. The molecule has 0 bridgehead atoms. The number of sulfonamides is 1. The molecular formula is C14H18N2O4S. The van der Waals surface area contributed by atoms with Crippen molar-refractivity contribution in [2.75, 3.05) is 6.54 Å². The Labute approximate surface area is 124 Å². The first-order valence-electron chi connectivity index (χ1n) is 6.59. The summed E-state index contributed by atoms with van der Waals surface area (Å²) in [4.78, 5) is 10.5. The van der Waals surface area contributed by atoms with Gasteiger partial charge < -0.3 is 5.11 Å². The lowest BCUT2D eigenvalue weighted by Gasteiger charge is -2.09. The number of hydrogen-bond donors (Lipinski definition) is 2. The number of aliphatic carboxylic acids is 1. The van der Waals surface area contributed by atoms with Crippen molar-refractivity contribution in [1.82, 2.24) is 4.72 Å². The third kappa shape index (κ3) is 5.53. The topological polar surface area (TPSA) is 107 Å². The fourth-order valence-corrected chi connectivity index (χ4v) is 3.18. The molecule has 0 saturated heterocycles. The van der Waals surface area contributed by atoms with Gasteiger partial charge in [-0.15, -0.1) is 0 Å². The third-order valence-electron chi connectivity index (χ3n) is 2.95. The number of carboxylic acids is 1. The van der Waals surface area contributed by atoms with E-state index in [9.17, 15) is 13.2 Å². The molecule has 0 fully saturated rings. The number of nitrogens with one attached hydrogen (secondary N) is 1. The van der Waals surface area contributed by atoms with Crippen molar-refractivity contribution < 1.29 is 18.3 Å². The van der Waals surface area contributed by atoms with Gasteiger partial charge in [0, 0.05) is 13.0 Å². The van der Waals surface area contributed by atoms with E-state index in [-0.39, 0.29) is 17.9 Å². The van der Waals surface area contributed by atoms with Gasteiger partial charge in [-0.05, 0) is 43.5 Å². The Kier molecular flexibility index (Phi) is 6.34. The van der Waals surface area contributed by atoms with Gasteiger partial charge in [-0.3, -0.25) is 4.79 Å². The summed E-state index contributed by atoms with van der Waals surface area (Å²) in [6.07, 6.45) is 1.87. The molecule has 2 N–H and O–H groups in total. The van der Waals surface area contributed by atoms with Gasteiger partial charge in [0.25, 0.3) is 0 Å². The third-order valence-corrected chi connectivity index (χ3v) is 4.57. The second kappa shape index (κ2) is 7.76. The summed E-state index contributed by atoms with van der Waals surface area (Å²) >= 11 is 0. The van der Waals surface area contributed by atoms with E-state index < -0.39 is 16.0 Å². The minimum atomic E-state index is -3.60. The fraction of sp³-hybridized carbons (Fsp3) is 0.429. The molecule has 6 nitrogen and oxygen atoms in total. The van der Waals surface area contributed by atoms with Crippen LogP contribution in [0, 0.1) is 18.3 Å². The number of carboxylic acid groups (broad SMARTS) is 1. The monoisotopic (exact) mass is 310 g/mol. The Morgan fingerprint density at radius 2 is 2.05 bits per heavy atom. The van der Waals surface area contributed by atoms with Crippen LogP contribution in [0.2, 0.25) is 0 Å². The minimum Gasteiger partial charge on any atom is -0.481 e. The van der Waals surface area contributed by atoms with Crippen LogP contribution in [-0.4, -0.2) is 26.0 Å². The number of carbonyl (C=O) groups is 1. The zero-order valence-electron chi connectivity index (χ0n) is 11.8. The predicted molar refractivity (Wildman–Crippen MR) is 77.2 cm³/mol. The summed E-state index contributed by atoms with van der Waals surface area (Å²) in [7, 11) is -3.60. The van der Waals surface area contributed by atoms with Gasteiger partial charge in [0.15, 0.2) is 0 Å². The average Bonchev–Trinajstić information content (AvgIpc) is 2.41. The number of benzene rings is 1. The number of rotatable bonds is 8. The molecular weight excluding hydrogens is 292 g/mol. The maximum atomic E-state index is 12.1. The van der Waals surface area contributed by atoms with Gasteiger partial charge in [-0.2, -0.15) is 5.26 Å². The highest BCUT2D eigenvalue weighted by Crippen LogP contribution is 2.16. The van der Waals surface area contributed by atoms with Crippen LogP contribution in [0.25, 0.3) is 0 Å². The Morgan fingerprint density at radius 3 is 2.62 bits per heavy atom. The molecule has 0 spiro atoms. The van der Waals surface area contributed by atoms with E-state index in [0.717, 1.165) is 0 Å². The van der Waals surface area contributed by atoms with E-state index in [2.05, 4.69) is 4.72 Å². The van der Waals surface area contributed by atoms with Crippen molar-refractivity contribution in [3.63, 3.8) is 0 Å². The summed E-state index contributed by atoms with van der Waals surface area (Å²) in [5, 5.41) is 17.2. The van der Waals surface area contributed by atoms with E-state index in [1.165, 1.54) is 18.2 Å². The van der Waals surface area contributed by atoms with Crippen LogP contribution < -0.4 is 4.72 Å². The zero-order chi connectivity index (χ0) is 15.9. The normalized spacial score (nSPS) is 11.0. The molecule has 0 aromatic heterocycles. The van der Waals surface area contributed by atoms with Crippen LogP contribution in [-0.2, 0) is 14.8 Å². The molecule has 0 saturated carbocycles. The van der Waals surface area contributed by atoms with Gasteiger partial charge in [-0.1, -0.05) is 6.42 Å². The Morgan fingerprint density at radius 1 is 1.33 bits per heavy atom. The van der Waals surface area contributed by atoms with Gasteiger partial charge >= 0.3 is 5.97 Å². The molecule has 21 heavy (non-hydrogen) atoms. The van der Waals surface area contributed by atoms with Crippen molar-refractivity contribution in [1.29, 1.82) is 5.26 Å². The van der Waals surface area contributed by atoms with Crippen LogP contribution in [0.15, 0.2) is 23.1 Å². The summed E-state index contributed by atoms with van der Waals surface area (Å²) in [6.45, 7) is 1.91. The zero-order valence-corrected chi connectivity index (χ0v) is 12.6. The molecule has 1 aromatic rings. The molecule has 0 unspecified atom stereocenters. The number of hydrogen-bond acceptors (Lipinski definition) is 4. The Bertz CT molecular complexity index is 647. The second-order valence-electron chi connectivity index (χ2n) is 4.69. The smallest absolute Gasteiger partial charge is 0.303 e. The minimum absolute atomic E-state index is 0.0987. The van der Waals surface area contributed by atoms with Crippen LogP contribution in [0.3, 0.4) is 0 Å². The molecule has 0 atom stereocenters. The lowest BCUT2D eigenvalue weighted by molar-refractivity contribution is -0.137. The SMILES string of the molecule is Cc1cc(C#N)ccc1S(=O)(=O)NCCCCCC(=O)O. The predicted octanol–water partition coefficient (Wildman–Crippen LogP) is 1.79. The van der Waals surface area contributed by atoms with Gasteiger partial charge in [0.2, 0.25) is 10.0 Å². The standard InChI is InChI=1S/C14H18N2O4S/c1-11-9-12(10-15)6-7-13(11)21(19,20)16-8-4-2-3-5-14(17)18/h6-7,9,16H,2-5,8H2,1H3,(H,17,18). The summed E-state index contributed by atoms with van der Waals surface area (Å²) in [6, 6.07) is 6.37. The van der Waals surface area contributed by atoms with Gasteiger partial charge in [-0.25, -0.2) is 13.1 Å². The Balaban J connectivity index is 2.54. The Hall–Kier alpha value is -1.91. The van der Waals surface area contributed by atoms with Gasteiger partial charge in [0.05, 0.1) is 16.5 Å². The first-order valence-corrected chi connectivity index (χ1v) is 8.07. The first-order chi connectivity index (χ1) is 9.86. The lowest BCUT2D eigenvalue weighted by Crippen LogP contribution is -2.25. The van der Waals surface area contributed by atoms with Crippen molar-refractivity contribution in [2.24, 2.45) is 0 Å². The number of nitriles is 1. The fourth-order valence-electron chi connectivity index (χ4n) is 1.88. The highest BCUT2D eigenvalue weighted by molar-refractivity contribution is 7.89. The molecule has 0 heterocycles. The summed E-state index contributed by atoms with van der Waals surface area (Å²) in [5.41, 5.74) is 0.938. The molecule has 1 aromatic carbocycles. The van der Waals surface area contributed by atoms with Crippen molar-refractivity contribution in [3.05, 3.63) is 29.3 Å². The average molecular weight is 310 g/mol. The summed E-state index contributed by atoms with van der Waals surface area (Å²) in [5.74, 6) is -0.844. The number of aryl methyl sites for hydroxylation is 1. The van der Waals surface area contributed by atoms with Gasteiger partial charge in [0.1, 0.15) is 0 Å². The number of unbranched alkanes of at least 4 members (excludes halogenated alkanes) is 2. The van der Waals surface area contributed by atoms with E-state index in [0.29, 0.717) is 30.4 Å². The van der Waals surface area contributed by atoms with Crippen molar-refractivity contribution in [3.8, 4) is 6.07 Å². The van der Waals surface area contributed by atoms with Crippen LogP contribution >= 0.6 is 0 Å². The van der Waals surface area contributed by atoms with E-state index in [1.807, 2.05) is 6.07 Å². The van der Waals surface area contributed by atoms with Crippen LogP contribution in [0.1, 0.15) is 36.8 Å². The molecule has 0 amide bonds. The lowest BCUT2D eigenvalue weighted by atomic mass is 10.2. The molecule has 1 rings (SSSR count). The number of nitrogens with zero attached hydrogens (tertiary/aromatic N) is 1. The van der Waals surface area contributed by atoms with E-state index in [1.54, 1.807) is 6.92 Å². The maximum absolute atomic E-state index is 12.1. The van der Waals surface area contributed by atoms with Crippen LogP contribution in [0.4, 0.5) is 0 Å². The van der Waals surface area contributed by atoms with Crippen LogP contribution in [0.5, 0.6) is 0 Å². The van der Waals surface area contributed by atoms with E-state index >= 15 is 0 Å². The molecule has 7 heteroatoms. The van der Waals surface area contributed by atoms with Crippen molar-refractivity contribution >= 4 is 16.0 Å². The second-order valence-corrected chi connectivity index (χ2v) is 6.43. The highest BCUT2D eigenvalue weighted by atomic mass is 32.2.